The predicted octanol–water partition coefficient (Wildman–Crippen LogP) is 5.49. The molecule has 1 unspecified atom stereocenters. The van der Waals surface area contributed by atoms with E-state index in [9.17, 15) is 14.7 Å². The number of Topliss-reactive ketones (excluding diaryl/α,β-unsaturated/α-hetero) is 1. The molecule has 0 radical (unpaired) electrons. The van der Waals surface area contributed by atoms with E-state index in [0.717, 1.165) is 30.6 Å². The monoisotopic (exact) mass is 372 g/mol. The highest BCUT2D eigenvalue weighted by atomic mass is 16.4. The Hall–Kier alpha value is -1.12. The fourth-order valence-corrected chi connectivity index (χ4v) is 7.89. The highest BCUT2D eigenvalue weighted by Gasteiger charge is 2.60. The van der Waals surface area contributed by atoms with Gasteiger partial charge in [0.15, 0.2) is 0 Å². The summed E-state index contributed by atoms with van der Waals surface area (Å²) in [5.74, 6) is 1.90. The lowest BCUT2D eigenvalue weighted by molar-refractivity contribution is -0.145. The van der Waals surface area contributed by atoms with Gasteiger partial charge < -0.3 is 5.11 Å². The van der Waals surface area contributed by atoms with Gasteiger partial charge in [0.2, 0.25) is 0 Å². The van der Waals surface area contributed by atoms with Crippen LogP contribution in [0.2, 0.25) is 0 Å². The van der Waals surface area contributed by atoms with Gasteiger partial charge in [-0.3, -0.25) is 9.59 Å². The fraction of sp³-hybridized carbons (Fsp3) is 0.833. The van der Waals surface area contributed by atoms with Gasteiger partial charge in [0.25, 0.3) is 0 Å². The molecule has 0 aromatic carbocycles. The lowest BCUT2D eigenvalue weighted by atomic mass is 9.45. The van der Waals surface area contributed by atoms with Crippen molar-refractivity contribution in [2.45, 2.75) is 78.6 Å². The largest absolute Gasteiger partial charge is 0.481 e. The minimum Gasteiger partial charge on any atom is -0.481 e. The number of carbonyl (C=O) groups excluding carboxylic acids is 1. The Bertz CT molecular complexity index is 652. The molecule has 0 aliphatic heterocycles. The third-order valence-electron chi connectivity index (χ3n) is 9.48. The Morgan fingerprint density at radius 3 is 2.52 bits per heavy atom. The van der Waals surface area contributed by atoms with E-state index >= 15 is 0 Å². The van der Waals surface area contributed by atoms with E-state index in [0.29, 0.717) is 11.3 Å². The van der Waals surface area contributed by atoms with Crippen LogP contribution in [0.5, 0.6) is 0 Å². The van der Waals surface area contributed by atoms with E-state index in [-0.39, 0.29) is 23.5 Å². The molecule has 8 atom stereocenters. The number of carboxylic acid groups (broad SMARTS) is 1. The Labute approximate surface area is 164 Å². The molecule has 0 spiro atoms. The molecule has 3 nitrogen and oxygen atoms in total. The van der Waals surface area contributed by atoms with Crippen LogP contribution in [-0.2, 0) is 9.59 Å². The zero-order chi connectivity index (χ0) is 19.4. The first kappa shape index (κ1) is 19.2. The van der Waals surface area contributed by atoms with Crippen LogP contribution in [0.1, 0.15) is 78.6 Å². The van der Waals surface area contributed by atoms with Crippen LogP contribution >= 0.6 is 0 Å². The zero-order valence-corrected chi connectivity index (χ0v) is 17.2. The minimum atomic E-state index is -0.844. The maximum absolute atomic E-state index is 13.0. The van der Waals surface area contributed by atoms with E-state index in [1.54, 1.807) is 6.92 Å². The summed E-state index contributed by atoms with van der Waals surface area (Å²) < 4.78 is 0. The molecule has 0 bridgehead atoms. The first-order valence-corrected chi connectivity index (χ1v) is 11.2. The van der Waals surface area contributed by atoms with Crippen molar-refractivity contribution in [1.29, 1.82) is 0 Å². The number of rotatable bonds is 4. The van der Waals surface area contributed by atoms with Crippen LogP contribution in [0.3, 0.4) is 0 Å². The average molecular weight is 373 g/mol. The molecule has 3 fully saturated rings. The number of fused-ring (bicyclic) bond motifs is 5. The standard InChI is InChI=1S/C24H36O3/c1-15(22(26)27)14-21(25)20-10-9-18-17-8-7-16-6-4-5-12-23(16,2)19(17)11-13-24(18,20)3/h4,6,15-20H,5,7-14H2,1-3H3,(H,26,27)/t15?,16-,17+,18+,19+,20-,23+,24+/m1/s1. The van der Waals surface area contributed by atoms with Gasteiger partial charge in [-0.2, -0.15) is 0 Å². The summed E-state index contributed by atoms with van der Waals surface area (Å²) in [6.45, 7) is 6.58. The van der Waals surface area contributed by atoms with Gasteiger partial charge in [-0.25, -0.2) is 0 Å². The maximum atomic E-state index is 13.0. The molecule has 0 aromatic heterocycles. The molecule has 27 heavy (non-hydrogen) atoms. The molecular weight excluding hydrogens is 336 g/mol. The summed E-state index contributed by atoms with van der Waals surface area (Å²) in [5, 5.41) is 9.21. The molecule has 4 aliphatic carbocycles. The molecule has 4 aliphatic rings. The van der Waals surface area contributed by atoms with E-state index in [2.05, 4.69) is 26.0 Å². The van der Waals surface area contributed by atoms with Crippen LogP contribution < -0.4 is 0 Å². The van der Waals surface area contributed by atoms with Crippen LogP contribution in [0.15, 0.2) is 12.2 Å². The van der Waals surface area contributed by atoms with E-state index < -0.39 is 11.9 Å². The lowest BCUT2D eigenvalue weighted by Gasteiger charge is -2.59. The summed E-state index contributed by atoms with van der Waals surface area (Å²) in [7, 11) is 0. The van der Waals surface area contributed by atoms with Gasteiger partial charge in [0.05, 0.1) is 5.92 Å². The number of carboxylic acids is 1. The predicted molar refractivity (Wildman–Crippen MR) is 106 cm³/mol. The number of carbonyl (C=O) groups is 2. The number of allylic oxidation sites excluding steroid dienone is 2. The molecule has 3 saturated carbocycles. The van der Waals surface area contributed by atoms with Crippen LogP contribution in [0.4, 0.5) is 0 Å². The molecule has 0 aromatic rings. The second-order valence-electron chi connectivity index (χ2n) is 10.6. The second-order valence-corrected chi connectivity index (χ2v) is 10.6. The third-order valence-corrected chi connectivity index (χ3v) is 9.48. The summed E-state index contributed by atoms with van der Waals surface area (Å²) in [5.41, 5.74) is 0.559. The van der Waals surface area contributed by atoms with Crippen molar-refractivity contribution in [3.63, 3.8) is 0 Å². The Morgan fingerprint density at radius 2 is 1.78 bits per heavy atom. The first-order valence-electron chi connectivity index (χ1n) is 11.2. The molecular formula is C24H36O3. The summed E-state index contributed by atoms with van der Waals surface area (Å²) in [6, 6.07) is 0. The van der Waals surface area contributed by atoms with Crippen molar-refractivity contribution in [3.8, 4) is 0 Å². The topological polar surface area (TPSA) is 54.4 Å². The van der Waals surface area contributed by atoms with Crippen molar-refractivity contribution in [2.75, 3.05) is 0 Å². The van der Waals surface area contributed by atoms with Crippen molar-refractivity contribution in [1.82, 2.24) is 0 Å². The molecule has 3 heteroatoms. The van der Waals surface area contributed by atoms with Crippen molar-refractivity contribution in [3.05, 3.63) is 12.2 Å². The third kappa shape index (κ3) is 2.91. The molecule has 1 N–H and O–H groups in total. The van der Waals surface area contributed by atoms with E-state index in [4.69, 9.17) is 0 Å². The smallest absolute Gasteiger partial charge is 0.306 e. The normalized spacial score (nSPS) is 46.9. The molecule has 0 heterocycles. The van der Waals surface area contributed by atoms with Crippen molar-refractivity contribution >= 4 is 11.8 Å². The van der Waals surface area contributed by atoms with Gasteiger partial charge >= 0.3 is 5.97 Å². The van der Waals surface area contributed by atoms with Gasteiger partial charge in [-0.1, -0.05) is 32.9 Å². The number of hydrogen-bond donors (Lipinski definition) is 1. The fourth-order valence-electron chi connectivity index (χ4n) is 7.89. The number of hydrogen-bond acceptors (Lipinski definition) is 2. The van der Waals surface area contributed by atoms with E-state index in [1.807, 2.05) is 0 Å². The number of ketones is 1. The van der Waals surface area contributed by atoms with Crippen molar-refractivity contribution < 1.29 is 14.7 Å². The lowest BCUT2D eigenvalue weighted by Crippen LogP contribution is -2.52. The highest BCUT2D eigenvalue weighted by Crippen LogP contribution is 2.67. The summed E-state index contributed by atoms with van der Waals surface area (Å²) >= 11 is 0. The molecule has 0 amide bonds. The molecule has 0 saturated heterocycles. The van der Waals surface area contributed by atoms with Gasteiger partial charge in [-0.05, 0) is 85.9 Å². The molecule has 150 valence electrons. The summed E-state index contributed by atoms with van der Waals surface area (Å²) in [6.07, 6.45) is 14.9. The number of aliphatic carboxylic acids is 1. The average Bonchev–Trinajstić information content (AvgIpc) is 2.98. The van der Waals surface area contributed by atoms with Crippen LogP contribution in [0.25, 0.3) is 0 Å². The minimum absolute atomic E-state index is 0.0852. The Morgan fingerprint density at radius 1 is 1.04 bits per heavy atom. The van der Waals surface area contributed by atoms with Gasteiger partial charge in [0.1, 0.15) is 5.78 Å². The van der Waals surface area contributed by atoms with Crippen molar-refractivity contribution in [2.24, 2.45) is 46.3 Å². The second kappa shape index (κ2) is 6.74. The van der Waals surface area contributed by atoms with Gasteiger partial charge in [-0.15, -0.1) is 0 Å². The SMILES string of the molecule is CC(CC(=O)[C@H]1CC[C@H]2[C@@H]3CC[C@H]4C=CCC[C@]4(C)[C@H]3CC[C@]12C)C(=O)O. The Balaban J connectivity index is 1.54. The van der Waals surface area contributed by atoms with Gasteiger partial charge in [0, 0.05) is 12.3 Å². The maximum Gasteiger partial charge on any atom is 0.306 e. The summed E-state index contributed by atoms with van der Waals surface area (Å²) in [4.78, 5) is 24.2. The molecule has 4 rings (SSSR count). The van der Waals surface area contributed by atoms with E-state index in [1.165, 1.54) is 38.5 Å². The quantitative estimate of drug-likeness (QED) is 0.664. The zero-order valence-electron chi connectivity index (χ0n) is 17.2. The Kier molecular flexibility index (Phi) is 4.79. The first-order chi connectivity index (χ1) is 12.8. The van der Waals surface area contributed by atoms with Crippen LogP contribution in [-0.4, -0.2) is 16.9 Å². The highest BCUT2D eigenvalue weighted by molar-refractivity contribution is 5.86. The van der Waals surface area contributed by atoms with Crippen LogP contribution in [0, 0.1) is 46.3 Å².